The number of rotatable bonds is 6. The van der Waals surface area contributed by atoms with Crippen molar-refractivity contribution in [1.29, 1.82) is 0 Å². The van der Waals surface area contributed by atoms with Crippen molar-refractivity contribution < 1.29 is 22.7 Å². The molecule has 1 amide bonds. The Morgan fingerprint density at radius 3 is 2.64 bits per heavy atom. The number of ether oxygens (including phenoxy) is 1. The second kappa shape index (κ2) is 7.69. The van der Waals surface area contributed by atoms with E-state index in [0.29, 0.717) is 18.5 Å². The van der Waals surface area contributed by atoms with Crippen LogP contribution in [0.1, 0.15) is 42.7 Å². The number of esters is 1. The maximum Gasteiger partial charge on any atom is 0.343 e. The molecule has 0 unspecified atom stereocenters. The predicted octanol–water partition coefficient (Wildman–Crippen LogP) is 1.00. The Morgan fingerprint density at radius 2 is 2.16 bits per heavy atom. The molecule has 2 heterocycles. The average Bonchev–Trinajstić information content (AvgIpc) is 3.06. The van der Waals surface area contributed by atoms with Crippen LogP contribution in [0.25, 0.3) is 0 Å². The summed E-state index contributed by atoms with van der Waals surface area (Å²) in [6.45, 7) is 4.96. The minimum atomic E-state index is -3.12. The maximum atomic E-state index is 12.6. The number of nitrogen functional groups attached to an aromatic ring is 1. The second-order valence-corrected chi connectivity index (χ2v) is 9.23. The summed E-state index contributed by atoms with van der Waals surface area (Å²) in [4.78, 5) is 26.3. The molecule has 140 valence electrons. The van der Waals surface area contributed by atoms with Crippen LogP contribution < -0.4 is 5.73 Å². The molecular formula is C15H23N3O5S2. The molecule has 0 aromatic carbocycles. The Bertz CT molecular complexity index is 740. The van der Waals surface area contributed by atoms with Crippen LogP contribution in [0, 0.1) is 6.92 Å². The van der Waals surface area contributed by atoms with Crippen molar-refractivity contribution in [2.75, 3.05) is 23.8 Å². The molecule has 8 nitrogen and oxygen atoms in total. The SMILES string of the molecule is CC[C@H](C)N(C(=O)COC(=O)c1c(C)nsc1N)[C@H]1CCS(=O)(=O)C1. The largest absolute Gasteiger partial charge is 0.452 e. The highest BCUT2D eigenvalue weighted by Gasteiger charge is 2.36. The maximum absolute atomic E-state index is 12.6. The molecule has 25 heavy (non-hydrogen) atoms. The normalized spacial score (nSPS) is 20.2. The highest BCUT2D eigenvalue weighted by atomic mass is 32.2. The van der Waals surface area contributed by atoms with Gasteiger partial charge in [-0.25, -0.2) is 13.2 Å². The highest BCUT2D eigenvalue weighted by Crippen LogP contribution is 2.23. The number of aryl methyl sites for hydroxylation is 1. The molecule has 1 saturated heterocycles. The number of aromatic nitrogens is 1. The minimum Gasteiger partial charge on any atom is -0.452 e. The van der Waals surface area contributed by atoms with Crippen LogP contribution in [0.2, 0.25) is 0 Å². The Hall–Kier alpha value is -1.68. The van der Waals surface area contributed by atoms with Gasteiger partial charge < -0.3 is 15.4 Å². The molecule has 2 atom stereocenters. The predicted molar refractivity (Wildman–Crippen MR) is 95.2 cm³/mol. The van der Waals surface area contributed by atoms with Crippen LogP contribution >= 0.6 is 11.5 Å². The van der Waals surface area contributed by atoms with Crippen molar-refractivity contribution in [3.8, 4) is 0 Å². The van der Waals surface area contributed by atoms with Gasteiger partial charge in [-0.15, -0.1) is 0 Å². The Kier molecular flexibility index (Phi) is 6.04. The smallest absolute Gasteiger partial charge is 0.343 e. The number of sulfone groups is 1. The molecule has 0 bridgehead atoms. The fourth-order valence-electron chi connectivity index (χ4n) is 2.91. The van der Waals surface area contributed by atoms with E-state index in [1.807, 2.05) is 13.8 Å². The quantitative estimate of drug-likeness (QED) is 0.721. The van der Waals surface area contributed by atoms with Gasteiger partial charge in [-0.2, -0.15) is 4.37 Å². The average molecular weight is 389 g/mol. The monoisotopic (exact) mass is 389 g/mol. The molecule has 1 fully saturated rings. The molecule has 0 saturated carbocycles. The van der Waals surface area contributed by atoms with Crippen molar-refractivity contribution >= 4 is 38.2 Å². The topological polar surface area (TPSA) is 120 Å². The summed E-state index contributed by atoms with van der Waals surface area (Å²) < 4.78 is 32.5. The zero-order valence-electron chi connectivity index (χ0n) is 14.5. The molecule has 1 aromatic rings. The first-order chi connectivity index (χ1) is 11.7. The lowest BCUT2D eigenvalue weighted by molar-refractivity contribution is -0.138. The van der Waals surface area contributed by atoms with Gasteiger partial charge in [-0.3, -0.25) is 4.79 Å². The second-order valence-electron chi connectivity index (χ2n) is 6.20. The Labute approximate surface area is 151 Å². The lowest BCUT2D eigenvalue weighted by atomic mass is 10.1. The van der Waals surface area contributed by atoms with Gasteiger partial charge in [0.25, 0.3) is 5.91 Å². The van der Waals surface area contributed by atoms with E-state index < -0.39 is 28.3 Å². The molecule has 2 rings (SSSR count). The molecule has 1 aliphatic heterocycles. The summed E-state index contributed by atoms with van der Waals surface area (Å²) in [5.74, 6) is -1.06. The number of nitrogens with zero attached hydrogens (tertiary/aromatic N) is 2. The zero-order valence-corrected chi connectivity index (χ0v) is 16.2. The summed E-state index contributed by atoms with van der Waals surface area (Å²) in [6.07, 6.45) is 1.09. The van der Waals surface area contributed by atoms with Crippen LogP contribution in [-0.4, -0.2) is 59.8 Å². The molecule has 1 aliphatic rings. The number of anilines is 1. The van der Waals surface area contributed by atoms with Crippen LogP contribution in [-0.2, 0) is 19.4 Å². The van der Waals surface area contributed by atoms with E-state index in [9.17, 15) is 18.0 Å². The van der Waals surface area contributed by atoms with Crippen LogP contribution in [0.3, 0.4) is 0 Å². The summed E-state index contributed by atoms with van der Waals surface area (Å²) in [5, 5.41) is 0.246. The standard InChI is InChI=1S/C15H23N3O5S2/c1-4-9(2)18(11-5-6-25(21,22)8-11)12(19)7-23-15(20)13-10(3)17-24-14(13)16/h9,11H,4-8,16H2,1-3H3/t9-,11-/m0/s1. The van der Waals surface area contributed by atoms with Gasteiger partial charge in [-0.05, 0) is 38.2 Å². The van der Waals surface area contributed by atoms with Crippen molar-refractivity contribution in [2.45, 2.75) is 45.7 Å². The van der Waals surface area contributed by atoms with Gasteiger partial charge in [-0.1, -0.05) is 6.92 Å². The molecule has 10 heteroatoms. The van der Waals surface area contributed by atoms with Crippen molar-refractivity contribution in [2.24, 2.45) is 0 Å². The summed E-state index contributed by atoms with van der Waals surface area (Å²) in [7, 11) is -3.12. The zero-order chi connectivity index (χ0) is 18.8. The number of hydrogen-bond donors (Lipinski definition) is 1. The molecule has 1 aromatic heterocycles. The van der Waals surface area contributed by atoms with Gasteiger partial charge in [0, 0.05) is 12.1 Å². The minimum absolute atomic E-state index is 0.0441. The number of amides is 1. The van der Waals surface area contributed by atoms with E-state index >= 15 is 0 Å². The third-order valence-electron chi connectivity index (χ3n) is 4.38. The fraction of sp³-hybridized carbons (Fsp3) is 0.667. The fourth-order valence-corrected chi connectivity index (χ4v) is 5.27. The summed E-state index contributed by atoms with van der Waals surface area (Å²) in [5.41, 5.74) is 6.34. The van der Waals surface area contributed by atoms with Crippen molar-refractivity contribution in [3.05, 3.63) is 11.3 Å². The van der Waals surface area contributed by atoms with Crippen molar-refractivity contribution in [3.63, 3.8) is 0 Å². The van der Waals surface area contributed by atoms with Crippen LogP contribution in [0.5, 0.6) is 0 Å². The van der Waals surface area contributed by atoms with E-state index in [4.69, 9.17) is 10.5 Å². The van der Waals surface area contributed by atoms with E-state index in [1.165, 1.54) is 0 Å². The molecule has 0 spiro atoms. The summed E-state index contributed by atoms with van der Waals surface area (Å²) >= 11 is 0.993. The number of carbonyl (C=O) groups excluding carboxylic acids is 2. The number of hydrogen-bond acceptors (Lipinski definition) is 8. The number of nitrogens with two attached hydrogens (primary N) is 1. The van der Waals surface area contributed by atoms with Gasteiger partial charge in [0.1, 0.15) is 10.6 Å². The first kappa shape index (κ1) is 19.6. The third-order valence-corrected chi connectivity index (χ3v) is 6.89. The molecule has 0 aliphatic carbocycles. The number of carbonyl (C=O) groups is 2. The van der Waals surface area contributed by atoms with Gasteiger partial charge in [0.15, 0.2) is 16.4 Å². The lowest BCUT2D eigenvalue weighted by Gasteiger charge is -2.33. The Balaban J connectivity index is 2.06. The molecular weight excluding hydrogens is 366 g/mol. The van der Waals surface area contributed by atoms with Gasteiger partial charge in [0.05, 0.1) is 17.2 Å². The molecule has 0 radical (unpaired) electrons. The first-order valence-electron chi connectivity index (χ1n) is 8.06. The van der Waals surface area contributed by atoms with E-state index in [0.717, 1.165) is 11.5 Å². The van der Waals surface area contributed by atoms with E-state index in [-0.39, 0.29) is 34.2 Å². The van der Waals surface area contributed by atoms with E-state index in [2.05, 4.69) is 4.37 Å². The van der Waals surface area contributed by atoms with Crippen LogP contribution in [0.4, 0.5) is 5.00 Å². The first-order valence-corrected chi connectivity index (χ1v) is 10.7. The summed E-state index contributed by atoms with van der Waals surface area (Å²) in [6, 6.07) is -0.514. The highest BCUT2D eigenvalue weighted by molar-refractivity contribution is 7.91. The third kappa shape index (κ3) is 4.49. The van der Waals surface area contributed by atoms with Crippen molar-refractivity contribution in [1.82, 2.24) is 9.27 Å². The van der Waals surface area contributed by atoms with Gasteiger partial charge in [0.2, 0.25) is 0 Å². The lowest BCUT2D eigenvalue weighted by Crippen LogP contribution is -2.48. The van der Waals surface area contributed by atoms with E-state index in [1.54, 1.807) is 11.8 Å². The Morgan fingerprint density at radius 1 is 1.48 bits per heavy atom. The molecule has 2 N–H and O–H groups in total. The van der Waals surface area contributed by atoms with Crippen LogP contribution in [0.15, 0.2) is 0 Å². The van der Waals surface area contributed by atoms with Gasteiger partial charge >= 0.3 is 5.97 Å².